The molecule has 19 heavy (non-hydrogen) atoms. The predicted octanol–water partition coefficient (Wildman–Crippen LogP) is -1.56. The van der Waals surface area contributed by atoms with Crippen LogP contribution >= 0.6 is 0 Å². The van der Waals surface area contributed by atoms with Crippen LogP contribution in [-0.2, 0) is 11.3 Å². The molecular weight excluding hydrogens is 265 g/mol. The standard InChI is InChI=1S/C15H19NO2.K/c1-12(15(17)18)10-13-4-6-14(7-5-13)11-16-8-2-3-9-16;/h4-7,10H,2-3,8-9,11H2,1H3,(H,17,18);/q;+1/p-1/b12-10+;. The van der Waals surface area contributed by atoms with Crippen LogP contribution in [0, 0.1) is 0 Å². The third-order valence-electron chi connectivity index (χ3n) is 3.29. The van der Waals surface area contributed by atoms with Crippen molar-refractivity contribution in [3.8, 4) is 0 Å². The molecule has 2 rings (SSSR count). The van der Waals surface area contributed by atoms with Crippen molar-refractivity contribution in [1.29, 1.82) is 0 Å². The van der Waals surface area contributed by atoms with Crippen LogP contribution in [0.25, 0.3) is 6.08 Å². The number of likely N-dealkylation sites (tertiary alicyclic amines) is 1. The first-order valence-corrected chi connectivity index (χ1v) is 6.36. The number of carboxylic acids is 1. The Morgan fingerprint density at radius 3 is 2.37 bits per heavy atom. The fraction of sp³-hybridized carbons (Fsp3) is 0.400. The molecule has 1 aromatic carbocycles. The predicted molar refractivity (Wildman–Crippen MR) is 69.6 cm³/mol. The number of aliphatic carboxylic acids is 1. The Bertz CT molecular complexity index is 448. The van der Waals surface area contributed by atoms with Gasteiger partial charge in [0.1, 0.15) is 0 Å². The van der Waals surface area contributed by atoms with E-state index in [2.05, 4.69) is 17.0 Å². The van der Waals surface area contributed by atoms with Crippen molar-refractivity contribution in [1.82, 2.24) is 4.90 Å². The van der Waals surface area contributed by atoms with Gasteiger partial charge in [-0.05, 0) is 49.6 Å². The fourth-order valence-corrected chi connectivity index (χ4v) is 2.23. The van der Waals surface area contributed by atoms with E-state index in [9.17, 15) is 9.90 Å². The maximum atomic E-state index is 10.6. The number of carbonyl (C=O) groups excluding carboxylic acids is 1. The smallest absolute Gasteiger partial charge is 0.545 e. The van der Waals surface area contributed by atoms with Gasteiger partial charge in [0.25, 0.3) is 0 Å². The van der Waals surface area contributed by atoms with Crippen molar-refractivity contribution < 1.29 is 61.3 Å². The first-order chi connectivity index (χ1) is 8.65. The molecule has 0 atom stereocenters. The van der Waals surface area contributed by atoms with Crippen molar-refractivity contribution in [2.24, 2.45) is 0 Å². The molecule has 1 aromatic rings. The molecule has 96 valence electrons. The number of carboxylic acid groups (broad SMARTS) is 1. The van der Waals surface area contributed by atoms with Gasteiger partial charge in [0, 0.05) is 6.54 Å². The van der Waals surface area contributed by atoms with Gasteiger partial charge in [-0.2, -0.15) is 0 Å². The van der Waals surface area contributed by atoms with Crippen molar-refractivity contribution in [2.45, 2.75) is 26.3 Å². The summed E-state index contributed by atoms with van der Waals surface area (Å²) in [6.07, 6.45) is 4.23. The zero-order valence-electron chi connectivity index (χ0n) is 11.7. The van der Waals surface area contributed by atoms with Gasteiger partial charge in [-0.1, -0.05) is 30.3 Å². The molecule has 1 aliphatic rings. The van der Waals surface area contributed by atoms with Crippen LogP contribution in [0.5, 0.6) is 0 Å². The summed E-state index contributed by atoms with van der Waals surface area (Å²) >= 11 is 0. The van der Waals surface area contributed by atoms with E-state index < -0.39 is 5.97 Å². The summed E-state index contributed by atoms with van der Waals surface area (Å²) < 4.78 is 0. The number of hydrogen-bond donors (Lipinski definition) is 0. The Morgan fingerprint density at radius 2 is 1.84 bits per heavy atom. The van der Waals surface area contributed by atoms with Gasteiger partial charge in [0.2, 0.25) is 0 Å². The van der Waals surface area contributed by atoms with Gasteiger partial charge < -0.3 is 9.90 Å². The molecule has 0 amide bonds. The summed E-state index contributed by atoms with van der Waals surface area (Å²) in [5, 5.41) is 10.6. The molecule has 0 bridgehead atoms. The molecule has 1 heterocycles. The quantitative estimate of drug-likeness (QED) is 0.496. The molecule has 0 radical (unpaired) electrons. The minimum Gasteiger partial charge on any atom is -0.545 e. The minimum atomic E-state index is -1.11. The largest absolute Gasteiger partial charge is 1.00 e. The second-order valence-electron chi connectivity index (χ2n) is 4.84. The third-order valence-corrected chi connectivity index (χ3v) is 3.29. The van der Waals surface area contributed by atoms with Crippen molar-refractivity contribution in [3.63, 3.8) is 0 Å². The molecule has 1 fully saturated rings. The van der Waals surface area contributed by atoms with Crippen LogP contribution in [-0.4, -0.2) is 24.0 Å². The molecule has 0 unspecified atom stereocenters. The zero-order chi connectivity index (χ0) is 13.0. The Balaban J connectivity index is 0.00000180. The maximum Gasteiger partial charge on any atom is 1.00 e. The van der Waals surface area contributed by atoms with Gasteiger partial charge in [0.05, 0.1) is 5.97 Å². The molecule has 1 aliphatic heterocycles. The molecule has 4 heteroatoms. The van der Waals surface area contributed by atoms with Crippen LogP contribution in [0.15, 0.2) is 29.8 Å². The first-order valence-electron chi connectivity index (χ1n) is 6.36. The number of carbonyl (C=O) groups is 1. The molecule has 0 N–H and O–H groups in total. The van der Waals surface area contributed by atoms with Crippen LogP contribution in [0.1, 0.15) is 30.9 Å². The summed E-state index contributed by atoms with van der Waals surface area (Å²) in [6.45, 7) is 4.91. The second kappa shape index (κ2) is 8.34. The first kappa shape index (κ1) is 17.1. The number of rotatable bonds is 4. The van der Waals surface area contributed by atoms with Crippen LogP contribution in [0.3, 0.4) is 0 Å². The summed E-state index contributed by atoms with van der Waals surface area (Å²) in [6, 6.07) is 8.04. The van der Waals surface area contributed by atoms with E-state index in [1.54, 1.807) is 13.0 Å². The number of hydrogen-bond acceptors (Lipinski definition) is 3. The van der Waals surface area contributed by atoms with E-state index in [0.717, 1.165) is 12.1 Å². The van der Waals surface area contributed by atoms with Gasteiger partial charge in [-0.3, -0.25) is 4.90 Å². The van der Waals surface area contributed by atoms with Gasteiger partial charge in [-0.15, -0.1) is 0 Å². The summed E-state index contributed by atoms with van der Waals surface area (Å²) in [4.78, 5) is 13.1. The van der Waals surface area contributed by atoms with Crippen LogP contribution in [0.2, 0.25) is 0 Å². The van der Waals surface area contributed by atoms with E-state index in [1.165, 1.54) is 31.5 Å². The van der Waals surface area contributed by atoms with E-state index >= 15 is 0 Å². The fourth-order valence-electron chi connectivity index (χ4n) is 2.23. The van der Waals surface area contributed by atoms with Crippen LogP contribution < -0.4 is 56.5 Å². The van der Waals surface area contributed by atoms with E-state index in [1.807, 2.05) is 12.1 Å². The van der Waals surface area contributed by atoms with Gasteiger partial charge in [0.15, 0.2) is 0 Å². The van der Waals surface area contributed by atoms with Gasteiger partial charge >= 0.3 is 51.4 Å². The SMILES string of the molecule is C/C(=C\c1ccc(CN2CCCC2)cc1)C(=O)[O-].[K+]. The minimum absolute atomic E-state index is 0. The average Bonchev–Trinajstić information content (AvgIpc) is 2.84. The van der Waals surface area contributed by atoms with Crippen molar-refractivity contribution >= 4 is 12.0 Å². The zero-order valence-corrected chi connectivity index (χ0v) is 14.8. The summed E-state index contributed by atoms with van der Waals surface area (Å²) in [7, 11) is 0. The Hall–Kier alpha value is 0.0264. The normalized spacial score (nSPS) is 16.2. The second-order valence-corrected chi connectivity index (χ2v) is 4.84. The third kappa shape index (κ3) is 5.50. The molecule has 0 spiro atoms. The molecule has 0 saturated carbocycles. The number of benzene rings is 1. The molecule has 0 aromatic heterocycles. The van der Waals surface area contributed by atoms with Crippen molar-refractivity contribution in [2.75, 3.05) is 13.1 Å². The van der Waals surface area contributed by atoms with E-state index in [0.29, 0.717) is 0 Å². The average molecular weight is 283 g/mol. The monoisotopic (exact) mass is 283 g/mol. The molecule has 3 nitrogen and oxygen atoms in total. The Morgan fingerprint density at radius 1 is 1.26 bits per heavy atom. The van der Waals surface area contributed by atoms with E-state index in [4.69, 9.17) is 0 Å². The summed E-state index contributed by atoms with van der Waals surface area (Å²) in [5.74, 6) is -1.11. The molecule has 1 saturated heterocycles. The summed E-state index contributed by atoms with van der Waals surface area (Å²) in [5.41, 5.74) is 2.43. The maximum absolute atomic E-state index is 10.6. The topological polar surface area (TPSA) is 43.4 Å². The van der Waals surface area contributed by atoms with E-state index in [-0.39, 0.29) is 57.0 Å². The molecular formula is C15H18KNO2. The molecule has 0 aliphatic carbocycles. The number of nitrogens with zero attached hydrogens (tertiary/aromatic N) is 1. The van der Waals surface area contributed by atoms with Crippen molar-refractivity contribution in [3.05, 3.63) is 41.0 Å². The van der Waals surface area contributed by atoms with Crippen LogP contribution in [0.4, 0.5) is 0 Å². The Labute approximate surface area is 157 Å². The van der Waals surface area contributed by atoms with Gasteiger partial charge in [-0.25, -0.2) is 0 Å². The Kier molecular flexibility index (Phi) is 7.50.